The third kappa shape index (κ3) is 4.51. The molecular formula is C13H22N2O2. The van der Waals surface area contributed by atoms with Gasteiger partial charge in [-0.2, -0.15) is 0 Å². The van der Waals surface area contributed by atoms with Crippen LogP contribution >= 0.6 is 0 Å². The van der Waals surface area contributed by atoms with Crippen LogP contribution in [0, 0.1) is 5.92 Å². The molecule has 1 unspecified atom stereocenters. The summed E-state index contributed by atoms with van der Waals surface area (Å²) in [7, 11) is 0. The molecule has 1 aromatic heterocycles. The largest absolute Gasteiger partial charge is 0.461 e. The SMILES string of the molecule is CCCCC(CC)COC(=O)c1cc(N)c[nH]1. The second-order valence-corrected chi connectivity index (χ2v) is 4.36. The van der Waals surface area contributed by atoms with Gasteiger partial charge in [0.05, 0.1) is 12.3 Å². The Morgan fingerprint density at radius 2 is 2.29 bits per heavy atom. The van der Waals surface area contributed by atoms with Gasteiger partial charge in [0.25, 0.3) is 0 Å². The van der Waals surface area contributed by atoms with Crippen LogP contribution in [-0.2, 0) is 4.74 Å². The van der Waals surface area contributed by atoms with Gasteiger partial charge in [-0.05, 0) is 18.4 Å². The maximum absolute atomic E-state index is 11.6. The molecule has 4 heteroatoms. The molecule has 0 spiro atoms. The van der Waals surface area contributed by atoms with Crippen molar-refractivity contribution in [1.29, 1.82) is 0 Å². The maximum atomic E-state index is 11.6. The van der Waals surface area contributed by atoms with Crippen molar-refractivity contribution in [2.75, 3.05) is 12.3 Å². The summed E-state index contributed by atoms with van der Waals surface area (Å²) in [6.45, 7) is 4.79. The Morgan fingerprint density at radius 3 is 2.82 bits per heavy atom. The van der Waals surface area contributed by atoms with Crippen LogP contribution < -0.4 is 5.73 Å². The summed E-state index contributed by atoms with van der Waals surface area (Å²) in [5, 5.41) is 0. The van der Waals surface area contributed by atoms with Gasteiger partial charge in [0.2, 0.25) is 0 Å². The fraction of sp³-hybridized carbons (Fsp3) is 0.615. The number of unbranched alkanes of at least 4 members (excludes halogenated alkanes) is 1. The second kappa shape index (κ2) is 6.99. The summed E-state index contributed by atoms with van der Waals surface area (Å²) in [6, 6.07) is 1.59. The molecule has 0 bridgehead atoms. The van der Waals surface area contributed by atoms with Crippen molar-refractivity contribution in [3.8, 4) is 0 Å². The Hall–Kier alpha value is -1.45. The van der Waals surface area contributed by atoms with Gasteiger partial charge in [-0.3, -0.25) is 0 Å². The first-order valence-corrected chi connectivity index (χ1v) is 6.28. The van der Waals surface area contributed by atoms with E-state index in [1.54, 1.807) is 12.3 Å². The smallest absolute Gasteiger partial charge is 0.354 e. The Bertz CT molecular complexity index is 347. The topological polar surface area (TPSA) is 68.1 Å². The van der Waals surface area contributed by atoms with Crippen LogP contribution in [0.2, 0.25) is 0 Å². The first-order chi connectivity index (χ1) is 8.17. The van der Waals surface area contributed by atoms with E-state index in [1.165, 1.54) is 12.8 Å². The summed E-state index contributed by atoms with van der Waals surface area (Å²) in [5.41, 5.74) is 6.50. The highest BCUT2D eigenvalue weighted by Gasteiger charge is 2.12. The number of hydrogen-bond acceptors (Lipinski definition) is 3. The monoisotopic (exact) mass is 238 g/mol. The number of aromatic nitrogens is 1. The predicted octanol–water partition coefficient (Wildman–Crippen LogP) is 2.97. The summed E-state index contributed by atoms with van der Waals surface area (Å²) < 4.78 is 5.27. The summed E-state index contributed by atoms with van der Waals surface area (Å²) in [5.74, 6) is 0.142. The van der Waals surface area contributed by atoms with Crippen molar-refractivity contribution in [2.45, 2.75) is 39.5 Å². The average Bonchev–Trinajstić information content (AvgIpc) is 2.76. The highest BCUT2D eigenvalue weighted by atomic mass is 16.5. The minimum Gasteiger partial charge on any atom is -0.461 e. The quantitative estimate of drug-likeness (QED) is 0.717. The van der Waals surface area contributed by atoms with E-state index in [1.807, 2.05) is 0 Å². The number of carbonyl (C=O) groups is 1. The Morgan fingerprint density at radius 1 is 1.53 bits per heavy atom. The van der Waals surface area contributed by atoms with Crippen LogP contribution in [0.3, 0.4) is 0 Å². The number of aromatic amines is 1. The molecule has 0 radical (unpaired) electrons. The second-order valence-electron chi connectivity index (χ2n) is 4.36. The molecule has 0 amide bonds. The first-order valence-electron chi connectivity index (χ1n) is 6.28. The van der Waals surface area contributed by atoms with E-state index in [2.05, 4.69) is 18.8 Å². The standard InChI is InChI=1S/C13H22N2O2/c1-3-5-6-10(4-2)9-17-13(16)12-7-11(14)8-15-12/h7-8,10,15H,3-6,9,14H2,1-2H3. The van der Waals surface area contributed by atoms with Gasteiger partial charge in [-0.15, -0.1) is 0 Å². The molecule has 96 valence electrons. The van der Waals surface area contributed by atoms with Crippen LogP contribution in [0.4, 0.5) is 5.69 Å². The van der Waals surface area contributed by atoms with Crippen LogP contribution in [0.5, 0.6) is 0 Å². The van der Waals surface area contributed by atoms with Crippen LogP contribution in [0.25, 0.3) is 0 Å². The first kappa shape index (κ1) is 13.6. The number of anilines is 1. The average molecular weight is 238 g/mol. The molecule has 0 aliphatic carbocycles. The lowest BCUT2D eigenvalue weighted by Crippen LogP contribution is -2.14. The molecule has 3 N–H and O–H groups in total. The molecule has 1 atom stereocenters. The lowest BCUT2D eigenvalue weighted by molar-refractivity contribution is 0.0422. The fourth-order valence-corrected chi connectivity index (χ4v) is 1.70. The van der Waals surface area contributed by atoms with Crippen molar-refractivity contribution in [1.82, 2.24) is 4.98 Å². The number of ether oxygens (including phenoxy) is 1. The van der Waals surface area contributed by atoms with Gasteiger partial charge >= 0.3 is 5.97 Å². The van der Waals surface area contributed by atoms with Gasteiger partial charge in [-0.1, -0.05) is 33.1 Å². The zero-order chi connectivity index (χ0) is 12.7. The van der Waals surface area contributed by atoms with Crippen molar-refractivity contribution in [2.24, 2.45) is 5.92 Å². The minimum atomic E-state index is -0.323. The lowest BCUT2D eigenvalue weighted by Gasteiger charge is -2.14. The predicted molar refractivity (Wildman–Crippen MR) is 68.8 cm³/mol. The third-order valence-electron chi connectivity index (χ3n) is 2.92. The van der Waals surface area contributed by atoms with Crippen molar-refractivity contribution >= 4 is 11.7 Å². The number of H-pyrrole nitrogens is 1. The molecule has 1 rings (SSSR count). The molecule has 0 aromatic carbocycles. The summed E-state index contributed by atoms with van der Waals surface area (Å²) >= 11 is 0. The number of carbonyl (C=O) groups excluding carboxylic acids is 1. The van der Waals surface area contributed by atoms with Gasteiger partial charge < -0.3 is 15.5 Å². The molecular weight excluding hydrogens is 216 g/mol. The van der Waals surface area contributed by atoms with E-state index in [-0.39, 0.29) is 5.97 Å². The third-order valence-corrected chi connectivity index (χ3v) is 2.92. The molecule has 0 saturated carbocycles. The van der Waals surface area contributed by atoms with Gasteiger partial charge in [0, 0.05) is 6.20 Å². The van der Waals surface area contributed by atoms with Crippen molar-refractivity contribution in [3.63, 3.8) is 0 Å². The zero-order valence-corrected chi connectivity index (χ0v) is 10.7. The zero-order valence-electron chi connectivity index (χ0n) is 10.7. The number of esters is 1. The minimum absolute atomic E-state index is 0.323. The van der Waals surface area contributed by atoms with Crippen LogP contribution in [-0.4, -0.2) is 17.6 Å². The summed E-state index contributed by atoms with van der Waals surface area (Å²) in [4.78, 5) is 14.4. The normalized spacial score (nSPS) is 12.4. The molecule has 1 heterocycles. The van der Waals surface area contributed by atoms with Gasteiger partial charge in [-0.25, -0.2) is 4.79 Å². The Kier molecular flexibility index (Phi) is 5.60. The maximum Gasteiger partial charge on any atom is 0.354 e. The number of nitrogens with two attached hydrogens (primary N) is 1. The van der Waals surface area contributed by atoms with Crippen molar-refractivity contribution in [3.05, 3.63) is 18.0 Å². The lowest BCUT2D eigenvalue weighted by atomic mass is 10.0. The molecule has 4 nitrogen and oxygen atoms in total. The molecule has 0 aliphatic rings. The number of rotatable bonds is 7. The highest BCUT2D eigenvalue weighted by Crippen LogP contribution is 2.14. The highest BCUT2D eigenvalue weighted by molar-refractivity contribution is 5.88. The van der Waals surface area contributed by atoms with E-state index in [9.17, 15) is 4.79 Å². The van der Waals surface area contributed by atoms with E-state index >= 15 is 0 Å². The number of nitrogens with one attached hydrogen (secondary N) is 1. The van der Waals surface area contributed by atoms with Gasteiger partial charge in [0.1, 0.15) is 5.69 Å². The summed E-state index contributed by atoms with van der Waals surface area (Å²) in [6.07, 6.45) is 6.11. The van der Waals surface area contributed by atoms with Crippen LogP contribution in [0.15, 0.2) is 12.3 Å². The number of hydrogen-bond donors (Lipinski definition) is 2. The molecule has 0 saturated heterocycles. The van der Waals surface area contributed by atoms with Crippen LogP contribution in [0.1, 0.15) is 50.0 Å². The molecule has 1 aromatic rings. The molecule has 0 aliphatic heterocycles. The number of nitrogen functional groups attached to an aromatic ring is 1. The fourth-order valence-electron chi connectivity index (χ4n) is 1.70. The molecule has 0 fully saturated rings. The van der Waals surface area contributed by atoms with E-state index in [0.29, 0.717) is 23.9 Å². The van der Waals surface area contributed by atoms with E-state index in [0.717, 1.165) is 12.8 Å². The van der Waals surface area contributed by atoms with Gasteiger partial charge in [0.15, 0.2) is 0 Å². The Labute approximate surface area is 103 Å². The van der Waals surface area contributed by atoms with E-state index in [4.69, 9.17) is 10.5 Å². The Balaban J connectivity index is 2.36. The van der Waals surface area contributed by atoms with E-state index < -0.39 is 0 Å². The van der Waals surface area contributed by atoms with Crippen molar-refractivity contribution < 1.29 is 9.53 Å². The molecule has 17 heavy (non-hydrogen) atoms.